The van der Waals surface area contributed by atoms with Crippen LogP contribution in [0, 0.1) is 5.41 Å². The van der Waals surface area contributed by atoms with E-state index in [1.54, 1.807) is 78.9 Å². The first kappa shape index (κ1) is 43.3. The van der Waals surface area contributed by atoms with Crippen molar-refractivity contribution in [2.24, 2.45) is 5.41 Å². The molecule has 5 heteroatoms. The Kier molecular flexibility index (Phi) is 10.8. The highest BCUT2D eigenvalue weighted by Gasteiger charge is 2.58. The second-order valence-electron chi connectivity index (χ2n) is 19.3. The minimum atomic E-state index is -4.67. The van der Waals surface area contributed by atoms with Crippen LogP contribution in [0.5, 0.6) is 0 Å². The molecule has 1 aliphatic rings. The van der Waals surface area contributed by atoms with Gasteiger partial charge < -0.3 is 5.32 Å². The molecule has 2 unspecified atom stereocenters. The second-order valence-corrected chi connectivity index (χ2v) is 19.3. The highest BCUT2D eigenvalue weighted by atomic mass is 19.4. The smallest absolute Gasteiger partial charge is 0.325 e. The fraction of sp³-hybridized carbons (Fsp3) is 0.183. The number of hydrogen-bond donors (Lipinski definition) is 1. The van der Waals surface area contributed by atoms with E-state index in [0.29, 0.717) is 0 Å². The van der Waals surface area contributed by atoms with Gasteiger partial charge in [-0.1, -0.05) is 236 Å². The number of hydrogen-bond acceptors (Lipinski definition) is 1. The van der Waals surface area contributed by atoms with E-state index in [4.69, 9.17) is 0 Å². The molecule has 8 aromatic rings. The minimum absolute atomic E-state index is 0.0284. The van der Waals surface area contributed by atoms with Gasteiger partial charge in [-0.05, 0) is 94.8 Å². The summed E-state index contributed by atoms with van der Waals surface area (Å²) in [5.41, 5.74) is 8.47. The first-order chi connectivity index (χ1) is 31.0. The summed E-state index contributed by atoms with van der Waals surface area (Å²) in [6.45, 7) is 12.9. The monoisotopic (exact) mass is 859 g/mol. The van der Waals surface area contributed by atoms with Crippen molar-refractivity contribution in [1.29, 1.82) is 0 Å². The Morgan fingerprint density at radius 2 is 0.708 bits per heavy atom. The Labute approximate surface area is 380 Å². The number of alkyl halides is 3. The van der Waals surface area contributed by atoms with E-state index in [1.165, 1.54) is 5.56 Å². The molecule has 0 fully saturated rings. The average Bonchev–Trinajstić information content (AvgIpc) is 3.62. The molecule has 0 spiro atoms. The molecule has 1 aliphatic heterocycles. The molecule has 1 N–H and O–H groups in total. The van der Waals surface area contributed by atoms with Gasteiger partial charge in [-0.3, -0.25) is 4.79 Å². The zero-order valence-electron chi connectivity index (χ0n) is 37.6. The quantitative estimate of drug-likeness (QED) is 0.152. The van der Waals surface area contributed by atoms with Crippen molar-refractivity contribution in [3.63, 3.8) is 0 Å². The average molecular weight is 860 g/mol. The lowest BCUT2D eigenvalue weighted by atomic mass is 9.59. The van der Waals surface area contributed by atoms with E-state index in [0.717, 1.165) is 61.3 Å². The lowest BCUT2D eigenvalue weighted by Gasteiger charge is -2.40. The maximum Gasteiger partial charge on any atom is 0.406 e. The van der Waals surface area contributed by atoms with Gasteiger partial charge in [-0.25, -0.2) is 0 Å². The fourth-order valence-electron chi connectivity index (χ4n) is 10.0. The molecule has 0 saturated carbocycles. The number of rotatable bonds is 8. The van der Waals surface area contributed by atoms with E-state index in [2.05, 4.69) is 95.4 Å². The van der Waals surface area contributed by atoms with Crippen LogP contribution in [0.3, 0.4) is 0 Å². The number of carbonyl (C=O) groups excluding carboxylic acids is 1. The van der Waals surface area contributed by atoms with Crippen LogP contribution in [0.25, 0.3) is 44.5 Å². The number of benzene rings is 8. The number of anilines is 1. The van der Waals surface area contributed by atoms with Crippen LogP contribution in [-0.4, -0.2) is 12.1 Å². The number of nitrogens with one attached hydrogen (secondary N) is 1. The van der Waals surface area contributed by atoms with E-state index in [9.17, 15) is 4.79 Å². The van der Waals surface area contributed by atoms with Gasteiger partial charge in [0.15, 0.2) is 0 Å². The third-order valence-electron chi connectivity index (χ3n) is 13.5. The Bertz CT molecular complexity index is 2960. The normalized spacial score (nSPS) is 16.1. The van der Waals surface area contributed by atoms with Crippen LogP contribution in [0.4, 0.5) is 18.9 Å². The number of halogens is 3. The summed E-state index contributed by atoms with van der Waals surface area (Å²) in [6, 6.07) is 62.8. The van der Waals surface area contributed by atoms with Gasteiger partial charge in [0.2, 0.25) is 5.91 Å². The van der Waals surface area contributed by atoms with Gasteiger partial charge in [0, 0.05) is 5.69 Å². The number of para-hydroxylation sites is 1. The molecule has 2 nitrogen and oxygen atoms in total. The predicted molar refractivity (Wildman–Crippen MR) is 261 cm³/mol. The zero-order chi connectivity index (χ0) is 45.8. The Morgan fingerprint density at radius 1 is 0.385 bits per heavy atom. The lowest BCUT2D eigenvalue weighted by Crippen LogP contribution is -2.47. The van der Waals surface area contributed by atoms with Gasteiger partial charge in [0.1, 0.15) is 10.8 Å². The van der Waals surface area contributed by atoms with E-state index in [1.807, 2.05) is 72.8 Å². The topological polar surface area (TPSA) is 29.1 Å². The molecular weight excluding hydrogens is 808 g/mol. The SMILES string of the molecule is CC(C)(C)c1ccc(-c2ccc(-c3ccc(C(c4ccccc4)(c4ccc(-c5ccc(-c6ccc(C7(C(C)(C)C)C(=O)Nc8ccccc87)cc6)cc5)cc4)C(F)(F)F)cc3)cc2)cc1. The molecule has 1 amide bonds. The highest BCUT2D eigenvalue weighted by molar-refractivity contribution is 6.09. The molecule has 0 bridgehead atoms. The first-order valence-electron chi connectivity index (χ1n) is 22.2. The maximum atomic E-state index is 16.0. The molecule has 1 heterocycles. The molecule has 2 atom stereocenters. The molecule has 0 saturated heterocycles. The third kappa shape index (κ3) is 7.47. The van der Waals surface area contributed by atoms with Gasteiger partial charge in [-0.2, -0.15) is 13.2 Å². The van der Waals surface area contributed by atoms with Crippen LogP contribution in [0.15, 0.2) is 200 Å². The fourth-order valence-corrected chi connectivity index (χ4v) is 10.0. The van der Waals surface area contributed by atoms with Crippen molar-refractivity contribution in [2.75, 3.05) is 5.32 Å². The first-order valence-corrected chi connectivity index (χ1v) is 22.2. The van der Waals surface area contributed by atoms with E-state index in [-0.39, 0.29) is 28.0 Å². The summed E-state index contributed by atoms with van der Waals surface area (Å²) in [6.07, 6.45) is -4.67. The molecule has 9 rings (SSSR count). The van der Waals surface area contributed by atoms with Gasteiger partial charge in [0.25, 0.3) is 0 Å². The summed E-state index contributed by atoms with van der Waals surface area (Å²) >= 11 is 0. The molecule has 0 aliphatic carbocycles. The Hall–Kier alpha value is -6.98. The summed E-state index contributed by atoms with van der Waals surface area (Å²) in [5, 5.41) is 3.12. The van der Waals surface area contributed by atoms with Crippen LogP contribution in [0.1, 0.15) is 74.9 Å². The molecule has 65 heavy (non-hydrogen) atoms. The zero-order valence-corrected chi connectivity index (χ0v) is 37.6. The lowest BCUT2D eigenvalue weighted by molar-refractivity contribution is -0.166. The van der Waals surface area contributed by atoms with E-state index >= 15 is 13.2 Å². The van der Waals surface area contributed by atoms with Crippen molar-refractivity contribution in [3.05, 3.63) is 234 Å². The highest BCUT2D eigenvalue weighted by Crippen LogP contribution is 2.54. The third-order valence-corrected chi connectivity index (χ3v) is 13.5. The van der Waals surface area contributed by atoms with Crippen molar-refractivity contribution in [1.82, 2.24) is 0 Å². The van der Waals surface area contributed by atoms with Crippen LogP contribution in [-0.2, 0) is 21.0 Å². The van der Waals surface area contributed by atoms with Crippen LogP contribution in [0.2, 0.25) is 0 Å². The largest absolute Gasteiger partial charge is 0.406 e. The standard InChI is InChI=1S/C60H52F3NO/c1-56(2,3)48-32-24-44(25-33-48)40-16-18-41(19-17-40)45-26-34-50(35-27-45)58(60(61,62)63,49-12-8-7-9-13-49)51-36-28-46(29-37-51)42-20-22-43(23-21-42)47-30-38-52(39-31-47)59(57(4,5)6)53-14-10-11-15-54(53)64-55(59)65/h7-39H,1-6H3,(H,64,65). The van der Waals surface area contributed by atoms with Crippen LogP contribution >= 0.6 is 0 Å². The summed E-state index contributed by atoms with van der Waals surface area (Å²) in [4.78, 5) is 13.8. The van der Waals surface area contributed by atoms with Gasteiger partial charge >= 0.3 is 6.18 Å². The van der Waals surface area contributed by atoms with Gasteiger partial charge in [-0.15, -0.1) is 0 Å². The van der Waals surface area contributed by atoms with Crippen molar-refractivity contribution in [3.8, 4) is 44.5 Å². The van der Waals surface area contributed by atoms with Crippen molar-refractivity contribution < 1.29 is 18.0 Å². The van der Waals surface area contributed by atoms with Crippen molar-refractivity contribution >= 4 is 11.6 Å². The molecule has 324 valence electrons. The van der Waals surface area contributed by atoms with Gasteiger partial charge in [0.05, 0.1) is 0 Å². The van der Waals surface area contributed by atoms with Crippen molar-refractivity contribution in [2.45, 2.75) is 64.0 Å². The second kappa shape index (κ2) is 16.2. The Morgan fingerprint density at radius 3 is 1.08 bits per heavy atom. The number of fused-ring (bicyclic) bond motifs is 1. The van der Waals surface area contributed by atoms with E-state index < -0.39 is 22.4 Å². The summed E-state index contributed by atoms with van der Waals surface area (Å²) in [7, 11) is 0. The number of carbonyl (C=O) groups is 1. The molecule has 0 radical (unpaired) electrons. The number of amides is 1. The molecule has 0 aromatic heterocycles. The predicted octanol–water partition coefficient (Wildman–Crippen LogP) is 15.8. The summed E-state index contributed by atoms with van der Waals surface area (Å²) in [5.74, 6) is -0.0284. The summed E-state index contributed by atoms with van der Waals surface area (Å²) < 4.78 is 48.1. The Balaban J connectivity index is 0.994. The van der Waals surface area contributed by atoms with Crippen LogP contribution < -0.4 is 5.32 Å². The molecule has 8 aromatic carbocycles. The maximum absolute atomic E-state index is 16.0. The molecular formula is C60H52F3NO. The minimum Gasteiger partial charge on any atom is -0.325 e.